The average Bonchev–Trinajstić information content (AvgIpc) is 3.55. The predicted molar refractivity (Wildman–Crippen MR) is 133 cm³/mol. The van der Waals surface area contributed by atoms with E-state index in [1.54, 1.807) is 0 Å². The van der Waals surface area contributed by atoms with Crippen LogP contribution in [-0.4, -0.2) is 48.6 Å². The summed E-state index contributed by atoms with van der Waals surface area (Å²) in [7, 11) is 8.00. The minimum Gasteiger partial charge on any atom is -0.416 e. The van der Waals surface area contributed by atoms with Gasteiger partial charge >= 0.3 is 0 Å². The summed E-state index contributed by atoms with van der Waals surface area (Å²) in [5, 5.41) is 16.8. The minimum absolute atomic E-state index is 0.449. The SMILES string of the molecule is CN(C)c1ccc(-c2nnc(-c3ccc(-c4nnc(-c5ccc(N(C)C)cc5)o4)cc3)o2)cc1. The molecule has 5 rings (SSSR count). The molecule has 170 valence electrons. The van der Waals surface area contributed by atoms with E-state index in [9.17, 15) is 0 Å². The topological polar surface area (TPSA) is 84.3 Å². The normalized spacial score (nSPS) is 10.9. The quantitative estimate of drug-likeness (QED) is 0.345. The monoisotopic (exact) mass is 452 g/mol. The first-order valence-electron chi connectivity index (χ1n) is 10.8. The zero-order valence-electron chi connectivity index (χ0n) is 19.4. The lowest BCUT2D eigenvalue weighted by Gasteiger charge is -2.11. The van der Waals surface area contributed by atoms with Crippen molar-refractivity contribution in [1.82, 2.24) is 20.4 Å². The lowest BCUT2D eigenvalue weighted by atomic mass is 10.1. The number of aromatic nitrogens is 4. The molecule has 0 spiro atoms. The fourth-order valence-corrected chi connectivity index (χ4v) is 3.47. The highest BCUT2D eigenvalue weighted by Gasteiger charge is 2.14. The molecule has 0 N–H and O–H groups in total. The highest BCUT2D eigenvalue weighted by atomic mass is 16.4. The van der Waals surface area contributed by atoms with Crippen molar-refractivity contribution in [2.45, 2.75) is 0 Å². The second-order valence-electron chi connectivity index (χ2n) is 8.28. The number of hydrogen-bond acceptors (Lipinski definition) is 8. The van der Waals surface area contributed by atoms with Crippen LogP contribution in [0.4, 0.5) is 11.4 Å². The highest BCUT2D eigenvalue weighted by molar-refractivity contribution is 5.65. The van der Waals surface area contributed by atoms with Gasteiger partial charge in [-0.25, -0.2) is 0 Å². The molecule has 0 fully saturated rings. The van der Waals surface area contributed by atoms with Crippen molar-refractivity contribution >= 4 is 11.4 Å². The largest absolute Gasteiger partial charge is 0.416 e. The molecule has 0 bridgehead atoms. The summed E-state index contributed by atoms with van der Waals surface area (Å²) in [5.41, 5.74) is 5.58. The van der Waals surface area contributed by atoms with Crippen LogP contribution in [0, 0.1) is 0 Å². The molecule has 0 atom stereocenters. The van der Waals surface area contributed by atoms with Crippen molar-refractivity contribution in [3.8, 4) is 45.8 Å². The van der Waals surface area contributed by atoms with Gasteiger partial charge in [0, 0.05) is 61.8 Å². The molecule has 0 amide bonds. The molecule has 0 aliphatic carbocycles. The van der Waals surface area contributed by atoms with Crippen molar-refractivity contribution in [2.24, 2.45) is 0 Å². The number of rotatable bonds is 6. The van der Waals surface area contributed by atoms with E-state index >= 15 is 0 Å². The van der Waals surface area contributed by atoms with E-state index in [1.165, 1.54) is 0 Å². The lowest BCUT2D eigenvalue weighted by molar-refractivity contribution is 0.582. The second-order valence-corrected chi connectivity index (χ2v) is 8.28. The van der Waals surface area contributed by atoms with Gasteiger partial charge in [-0.05, 0) is 72.8 Å². The Bertz CT molecular complexity index is 1280. The Morgan fingerprint density at radius 1 is 0.412 bits per heavy atom. The second kappa shape index (κ2) is 8.82. The van der Waals surface area contributed by atoms with Crippen molar-refractivity contribution in [1.29, 1.82) is 0 Å². The minimum atomic E-state index is 0.449. The van der Waals surface area contributed by atoms with Crippen LogP contribution >= 0.6 is 0 Å². The molecule has 2 heterocycles. The molecule has 0 unspecified atom stereocenters. The maximum atomic E-state index is 5.90. The molecular weight excluding hydrogens is 428 g/mol. The van der Waals surface area contributed by atoms with Gasteiger partial charge in [0.2, 0.25) is 23.6 Å². The van der Waals surface area contributed by atoms with Gasteiger partial charge in [-0.3, -0.25) is 0 Å². The maximum absolute atomic E-state index is 5.90. The van der Waals surface area contributed by atoms with Crippen LogP contribution in [0.2, 0.25) is 0 Å². The van der Waals surface area contributed by atoms with Crippen molar-refractivity contribution < 1.29 is 8.83 Å². The molecule has 8 nitrogen and oxygen atoms in total. The zero-order valence-corrected chi connectivity index (χ0v) is 19.4. The Morgan fingerprint density at radius 2 is 0.647 bits per heavy atom. The fraction of sp³-hybridized carbons (Fsp3) is 0.154. The first-order valence-corrected chi connectivity index (χ1v) is 10.8. The molecule has 3 aromatic carbocycles. The maximum Gasteiger partial charge on any atom is 0.248 e. The summed E-state index contributed by atoms with van der Waals surface area (Å²) in [4.78, 5) is 4.08. The van der Waals surface area contributed by atoms with Crippen LogP contribution < -0.4 is 9.80 Å². The van der Waals surface area contributed by atoms with E-state index < -0.39 is 0 Å². The molecule has 0 aliphatic rings. The average molecular weight is 453 g/mol. The number of benzene rings is 3. The molecule has 34 heavy (non-hydrogen) atoms. The Kier molecular flexibility index (Phi) is 5.55. The highest BCUT2D eigenvalue weighted by Crippen LogP contribution is 2.29. The van der Waals surface area contributed by atoms with E-state index in [2.05, 4.69) is 20.4 Å². The Balaban J connectivity index is 1.33. The fourth-order valence-electron chi connectivity index (χ4n) is 3.47. The predicted octanol–water partition coefficient (Wildman–Crippen LogP) is 5.25. The number of anilines is 2. The van der Waals surface area contributed by atoms with Crippen molar-refractivity contribution in [3.63, 3.8) is 0 Å². The molecule has 0 saturated carbocycles. The Hall–Kier alpha value is -4.46. The summed E-state index contributed by atoms with van der Waals surface area (Å²) in [6.07, 6.45) is 0. The third-order valence-electron chi connectivity index (χ3n) is 5.49. The van der Waals surface area contributed by atoms with Gasteiger partial charge in [0.05, 0.1) is 0 Å². The van der Waals surface area contributed by atoms with Gasteiger partial charge in [-0.2, -0.15) is 0 Å². The van der Waals surface area contributed by atoms with Crippen LogP contribution in [0.3, 0.4) is 0 Å². The smallest absolute Gasteiger partial charge is 0.248 e. The van der Waals surface area contributed by atoms with Crippen LogP contribution in [-0.2, 0) is 0 Å². The molecule has 0 radical (unpaired) electrons. The first kappa shape index (κ1) is 21.4. The van der Waals surface area contributed by atoms with Crippen molar-refractivity contribution in [3.05, 3.63) is 72.8 Å². The first-order chi connectivity index (χ1) is 16.5. The summed E-state index contributed by atoms with van der Waals surface area (Å²) in [6.45, 7) is 0. The number of nitrogens with zero attached hydrogens (tertiary/aromatic N) is 6. The standard InChI is InChI=1S/C26H24N6O2/c1-31(2)21-13-9-19(10-14-21)25-29-27-23(33-25)17-5-7-18(8-6-17)24-28-30-26(34-24)20-11-15-22(16-12-20)32(3)4/h5-16H,1-4H3. The summed E-state index contributed by atoms with van der Waals surface area (Å²) < 4.78 is 11.8. The van der Waals surface area contributed by atoms with E-state index in [0.717, 1.165) is 33.6 Å². The van der Waals surface area contributed by atoms with E-state index in [4.69, 9.17) is 8.83 Å². The molecule has 8 heteroatoms. The molecule has 2 aromatic heterocycles. The molecule has 0 saturated heterocycles. The summed E-state index contributed by atoms with van der Waals surface area (Å²) >= 11 is 0. The van der Waals surface area contributed by atoms with Gasteiger partial charge in [0.15, 0.2) is 0 Å². The van der Waals surface area contributed by atoms with Crippen LogP contribution in [0.15, 0.2) is 81.6 Å². The summed E-state index contributed by atoms with van der Waals surface area (Å²) in [5.74, 6) is 1.85. The van der Waals surface area contributed by atoms with Gasteiger partial charge in [0.25, 0.3) is 0 Å². The Labute approximate surface area is 197 Å². The third-order valence-corrected chi connectivity index (χ3v) is 5.49. The molecule has 5 aromatic rings. The van der Waals surface area contributed by atoms with Gasteiger partial charge in [-0.15, -0.1) is 20.4 Å². The molecule has 0 aliphatic heterocycles. The Morgan fingerprint density at radius 3 is 0.882 bits per heavy atom. The van der Waals surface area contributed by atoms with E-state index in [0.29, 0.717) is 23.6 Å². The third kappa shape index (κ3) is 4.25. The number of hydrogen-bond donors (Lipinski definition) is 0. The van der Waals surface area contributed by atoms with Crippen LogP contribution in [0.5, 0.6) is 0 Å². The van der Waals surface area contributed by atoms with Crippen LogP contribution in [0.25, 0.3) is 45.8 Å². The van der Waals surface area contributed by atoms with Gasteiger partial charge in [-0.1, -0.05) is 0 Å². The summed E-state index contributed by atoms with van der Waals surface area (Å²) in [6, 6.07) is 23.5. The lowest BCUT2D eigenvalue weighted by Crippen LogP contribution is -2.07. The zero-order chi connectivity index (χ0) is 23.7. The van der Waals surface area contributed by atoms with E-state index in [1.807, 2.05) is 111 Å². The van der Waals surface area contributed by atoms with E-state index in [-0.39, 0.29) is 0 Å². The van der Waals surface area contributed by atoms with Crippen molar-refractivity contribution in [2.75, 3.05) is 38.0 Å². The molecular formula is C26H24N6O2. The van der Waals surface area contributed by atoms with Gasteiger partial charge < -0.3 is 18.6 Å². The van der Waals surface area contributed by atoms with Gasteiger partial charge in [0.1, 0.15) is 0 Å². The van der Waals surface area contributed by atoms with Crippen LogP contribution in [0.1, 0.15) is 0 Å².